The van der Waals surface area contributed by atoms with Gasteiger partial charge in [-0.05, 0) is 0 Å². The van der Waals surface area contributed by atoms with Crippen LogP contribution in [0.2, 0.25) is 15.9 Å². The van der Waals surface area contributed by atoms with E-state index in [0.29, 0.717) is 0 Å². The normalized spacial score (nSPS) is 12.0. The first-order valence-electron chi connectivity index (χ1n) is 8.24. The Hall–Kier alpha value is 0.922. The fourth-order valence-corrected chi connectivity index (χ4v) is 25.9. The topological polar surface area (TPSA) is 0 Å². The van der Waals surface area contributed by atoms with Gasteiger partial charge in [0.25, 0.3) is 0 Å². The van der Waals surface area contributed by atoms with Crippen LogP contribution in [0.25, 0.3) is 0 Å². The van der Waals surface area contributed by atoms with Crippen molar-refractivity contribution < 1.29 is 0 Å². The number of hydrogen-bond acceptors (Lipinski definition) is 0. The van der Waals surface area contributed by atoms with E-state index in [4.69, 9.17) is 0 Å². The van der Waals surface area contributed by atoms with Crippen molar-refractivity contribution in [2.45, 2.75) is 95.0 Å². The van der Waals surface area contributed by atoms with Gasteiger partial charge >= 0.3 is 116 Å². The van der Waals surface area contributed by atoms with Crippen LogP contribution in [0, 0.1) is 0 Å². The third-order valence-electron chi connectivity index (χ3n) is 4.24. The third-order valence-corrected chi connectivity index (χ3v) is 26.2. The Morgan fingerprint density at radius 1 is 0.471 bits per heavy atom. The van der Waals surface area contributed by atoms with E-state index in [9.17, 15) is 0 Å². The molecule has 104 valence electrons. The van der Waals surface area contributed by atoms with Gasteiger partial charge in [0.05, 0.1) is 0 Å². The minimum absolute atomic E-state index is 1.42. The maximum absolute atomic E-state index is 2.37. The van der Waals surface area contributed by atoms with Crippen LogP contribution in [-0.4, -0.2) is 21.2 Å². The van der Waals surface area contributed by atoms with Crippen LogP contribution in [0.1, 0.15) is 79.1 Å². The predicted octanol–water partition coefficient (Wildman–Crippen LogP) is 6.64. The van der Waals surface area contributed by atoms with Crippen LogP contribution < -0.4 is 0 Å². The molecule has 0 spiro atoms. The van der Waals surface area contributed by atoms with Crippen molar-refractivity contribution in [2.24, 2.45) is 0 Å². The second-order valence-corrected chi connectivity index (χ2v) is 25.4. The van der Waals surface area contributed by atoms with E-state index in [1.165, 1.54) is 25.7 Å². The minimum atomic E-state index is -1.83. The molecule has 0 bridgehead atoms. The Morgan fingerprint density at radius 3 is 0.882 bits per heavy atom. The molecule has 0 nitrogen and oxygen atoms in total. The van der Waals surface area contributed by atoms with E-state index in [0.717, 1.165) is 0 Å². The average molecular weight is 436 g/mol. The van der Waals surface area contributed by atoms with E-state index >= 15 is 0 Å². The van der Waals surface area contributed by atoms with Gasteiger partial charge < -0.3 is 0 Å². The summed E-state index contributed by atoms with van der Waals surface area (Å²) in [7, 11) is 0. The number of unbranched alkanes of at least 4 members (excludes halogenated alkanes) is 4. The van der Waals surface area contributed by atoms with Gasteiger partial charge in [0.2, 0.25) is 0 Å². The van der Waals surface area contributed by atoms with E-state index in [2.05, 4.69) is 27.7 Å². The molecule has 0 heterocycles. The Labute approximate surface area is 116 Å². The molecule has 0 radical (unpaired) electrons. The van der Waals surface area contributed by atoms with Gasteiger partial charge in [-0.15, -0.1) is 0 Å². The fraction of sp³-hybridized carbons (Fsp3) is 1.00. The van der Waals surface area contributed by atoms with Gasteiger partial charge in [-0.3, -0.25) is 0 Å². The molecule has 0 aliphatic heterocycles. The molecule has 0 saturated heterocycles. The molecule has 0 unspecified atom stereocenters. The van der Waals surface area contributed by atoms with Crippen molar-refractivity contribution in [1.82, 2.24) is 0 Å². The van der Waals surface area contributed by atoms with Crippen molar-refractivity contribution in [3.05, 3.63) is 0 Å². The van der Waals surface area contributed by atoms with Crippen LogP contribution in [0.15, 0.2) is 0 Å². The quantitative estimate of drug-likeness (QED) is 0.302. The summed E-state index contributed by atoms with van der Waals surface area (Å²) in [5, 5.41) is 0. The van der Waals surface area contributed by atoms with Crippen molar-refractivity contribution in [1.29, 1.82) is 0 Å². The Bertz CT molecular complexity index is 116. The standard InChI is InChI=1S/4C4H9.Pb/c4*1-3-4-2;/h4*1,3-4H2,2H3;. The fourth-order valence-electron chi connectivity index (χ4n) is 2.96. The molecule has 0 aromatic rings. The van der Waals surface area contributed by atoms with Gasteiger partial charge in [0.1, 0.15) is 0 Å². The van der Waals surface area contributed by atoms with Gasteiger partial charge in [0.15, 0.2) is 0 Å². The van der Waals surface area contributed by atoms with Crippen LogP contribution in [-0.2, 0) is 0 Å². The summed E-state index contributed by atoms with van der Waals surface area (Å²) >= 11 is -1.83. The van der Waals surface area contributed by atoms with E-state index in [1.807, 2.05) is 0 Å². The average Bonchev–Trinajstić information content (AvgIpc) is 2.37. The number of hydrogen-bond donors (Lipinski definition) is 0. The van der Waals surface area contributed by atoms with Gasteiger partial charge in [-0.1, -0.05) is 0 Å². The first kappa shape index (κ1) is 17.9. The molecule has 0 aliphatic rings. The summed E-state index contributed by atoms with van der Waals surface area (Å²) in [6.07, 6.45) is 11.9. The SMILES string of the molecule is CCC[CH2][Pb]([CH2]CCC)([CH2]CCC)[CH2]CCC. The van der Waals surface area contributed by atoms with E-state index < -0.39 is 21.2 Å². The van der Waals surface area contributed by atoms with E-state index in [1.54, 1.807) is 41.6 Å². The van der Waals surface area contributed by atoms with Crippen LogP contribution in [0.4, 0.5) is 0 Å². The second-order valence-electron chi connectivity index (χ2n) is 5.91. The molecular weight excluding hydrogens is 399 g/mol. The summed E-state index contributed by atoms with van der Waals surface area (Å²) in [6, 6.07) is 0. The molecule has 0 fully saturated rings. The molecule has 0 atom stereocenters. The molecule has 0 aliphatic carbocycles. The monoisotopic (exact) mass is 436 g/mol. The molecule has 1 heteroatoms. The van der Waals surface area contributed by atoms with E-state index in [-0.39, 0.29) is 0 Å². The Balaban J connectivity index is 4.39. The molecular formula is C16H36Pb. The van der Waals surface area contributed by atoms with Crippen molar-refractivity contribution in [3.8, 4) is 0 Å². The zero-order chi connectivity index (χ0) is 13.0. The maximum atomic E-state index is 2.37. The summed E-state index contributed by atoms with van der Waals surface area (Å²) < 4.78 is 6.85. The predicted molar refractivity (Wildman–Crippen MR) is 84.6 cm³/mol. The van der Waals surface area contributed by atoms with Crippen LogP contribution >= 0.6 is 0 Å². The number of rotatable bonds is 12. The van der Waals surface area contributed by atoms with Crippen molar-refractivity contribution in [3.63, 3.8) is 0 Å². The summed E-state index contributed by atoms with van der Waals surface area (Å²) in [6.45, 7) is 9.49. The summed E-state index contributed by atoms with van der Waals surface area (Å²) in [4.78, 5) is 0. The van der Waals surface area contributed by atoms with Crippen molar-refractivity contribution in [2.75, 3.05) is 0 Å². The molecule has 0 aromatic carbocycles. The van der Waals surface area contributed by atoms with Gasteiger partial charge in [-0.25, -0.2) is 0 Å². The molecule has 17 heavy (non-hydrogen) atoms. The van der Waals surface area contributed by atoms with Gasteiger partial charge in [-0.2, -0.15) is 0 Å². The molecule has 0 N–H and O–H groups in total. The Kier molecular flexibility index (Phi) is 12.6. The van der Waals surface area contributed by atoms with Crippen LogP contribution in [0.3, 0.4) is 0 Å². The van der Waals surface area contributed by atoms with Crippen LogP contribution in [0.5, 0.6) is 0 Å². The summed E-state index contributed by atoms with van der Waals surface area (Å²) in [5.41, 5.74) is 0. The third kappa shape index (κ3) is 8.61. The van der Waals surface area contributed by atoms with Gasteiger partial charge in [0, 0.05) is 0 Å². The Morgan fingerprint density at radius 2 is 0.706 bits per heavy atom. The molecule has 0 aromatic heterocycles. The molecule has 0 rings (SSSR count). The van der Waals surface area contributed by atoms with Crippen molar-refractivity contribution >= 4 is 21.2 Å². The first-order valence-corrected chi connectivity index (χ1v) is 19.2. The first-order chi connectivity index (χ1) is 8.24. The second kappa shape index (κ2) is 12.0. The zero-order valence-electron chi connectivity index (χ0n) is 13.0. The zero-order valence-corrected chi connectivity index (χ0v) is 16.9. The molecule has 0 amide bonds. The molecule has 0 saturated carbocycles. The summed E-state index contributed by atoms with van der Waals surface area (Å²) in [5.74, 6) is 0.